The van der Waals surface area contributed by atoms with E-state index in [-0.39, 0.29) is 56.1 Å². The maximum Gasteiger partial charge on any atom is 0.326 e. The fourth-order valence-electron chi connectivity index (χ4n) is 3.28. The Morgan fingerprint density at radius 1 is 0.872 bits per heavy atom. The molecule has 0 heterocycles. The number of aliphatic carboxylic acids is 1. The minimum Gasteiger partial charge on any atom is -0.508 e. The number of guanidine groups is 1. The highest BCUT2D eigenvalue weighted by Crippen LogP contribution is 2.12. The van der Waals surface area contributed by atoms with Crippen LogP contribution in [0.1, 0.15) is 31.2 Å². The number of nitrogens with one attached hydrogen (secondary N) is 3. The average Bonchev–Trinajstić information content (AvgIpc) is 2.87. The van der Waals surface area contributed by atoms with Crippen LogP contribution in [0.2, 0.25) is 0 Å². The molecule has 1 aromatic carbocycles. The Hall–Kier alpha value is -4.05. The summed E-state index contributed by atoms with van der Waals surface area (Å²) in [5.41, 5.74) is 21.9. The fourth-order valence-corrected chi connectivity index (χ4v) is 3.54. The zero-order valence-electron chi connectivity index (χ0n) is 21.2. The van der Waals surface area contributed by atoms with Gasteiger partial charge in [0.2, 0.25) is 23.6 Å². The lowest BCUT2D eigenvalue weighted by Crippen LogP contribution is -2.58. The zero-order chi connectivity index (χ0) is 29.5. The molecule has 0 saturated heterocycles. The Bertz CT molecular complexity index is 1030. The highest BCUT2D eigenvalue weighted by molar-refractivity contribution is 7.80. The second-order valence-corrected chi connectivity index (χ2v) is 9.00. The number of thiol groups is 1. The predicted octanol–water partition coefficient (Wildman–Crippen LogP) is -2.95. The van der Waals surface area contributed by atoms with Gasteiger partial charge >= 0.3 is 5.97 Å². The second kappa shape index (κ2) is 16.7. The van der Waals surface area contributed by atoms with Crippen molar-refractivity contribution in [2.45, 2.75) is 56.3 Å². The molecule has 0 aromatic heterocycles. The Kier molecular flexibility index (Phi) is 14.1. The fraction of sp³-hybridized carbons (Fsp3) is 0.478. The van der Waals surface area contributed by atoms with E-state index in [4.69, 9.17) is 22.9 Å². The van der Waals surface area contributed by atoms with Crippen molar-refractivity contribution < 1.29 is 34.2 Å². The van der Waals surface area contributed by atoms with Crippen molar-refractivity contribution in [3.8, 4) is 5.75 Å². The van der Waals surface area contributed by atoms with Crippen LogP contribution in [0.25, 0.3) is 0 Å². The quantitative estimate of drug-likeness (QED) is 0.0394. The number of carboxylic acids is 1. The van der Waals surface area contributed by atoms with Gasteiger partial charge in [0, 0.05) is 25.1 Å². The number of hydrogen-bond acceptors (Lipinski definition) is 9. The summed E-state index contributed by atoms with van der Waals surface area (Å²) < 4.78 is 0. The minimum atomic E-state index is -1.30. The molecule has 4 unspecified atom stereocenters. The number of benzene rings is 1. The highest BCUT2D eigenvalue weighted by atomic mass is 32.1. The van der Waals surface area contributed by atoms with Gasteiger partial charge in [0.05, 0.1) is 6.04 Å². The maximum absolute atomic E-state index is 13.1. The standard InChI is InChI=1S/C23H36N8O7S/c24-14(7-8-18(25)33)19(34)31-17(11-39)21(36)30-16(10-12-3-5-13(32)6-4-12)20(35)29-15(22(37)38)2-1-9-28-23(26)27/h3-6,14-17,32,39H,1-2,7-11,24H2,(H2,25,33)(H,29,35)(H,30,36)(H,31,34)(H,37,38)(H4,26,27,28). The molecule has 0 aliphatic heterocycles. The molecule has 0 aliphatic rings. The molecule has 1 rings (SSSR count). The van der Waals surface area contributed by atoms with Crippen LogP contribution in [0.4, 0.5) is 0 Å². The first kappa shape index (κ1) is 33.0. The molecule has 1 aromatic rings. The number of amides is 4. The first-order valence-corrected chi connectivity index (χ1v) is 12.6. The van der Waals surface area contributed by atoms with E-state index in [1.807, 2.05) is 0 Å². The van der Waals surface area contributed by atoms with E-state index in [0.717, 1.165) is 0 Å². The van der Waals surface area contributed by atoms with Crippen molar-refractivity contribution >= 4 is 48.2 Å². The van der Waals surface area contributed by atoms with E-state index in [9.17, 15) is 34.2 Å². The predicted molar refractivity (Wildman–Crippen MR) is 145 cm³/mol. The number of rotatable bonds is 17. The van der Waals surface area contributed by atoms with E-state index in [1.54, 1.807) is 0 Å². The molecular formula is C23H36N8O7S. The molecule has 0 saturated carbocycles. The number of hydrogen-bond donors (Lipinski definition) is 10. The summed E-state index contributed by atoms with van der Waals surface area (Å²) in [5.74, 6) is -4.56. The Balaban J connectivity index is 3.01. The van der Waals surface area contributed by atoms with Crippen LogP contribution < -0.4 is 38.9 Å². The van der Waals surface area contributed by atoms with Gasteiger partial charge in [-0.2, -0.15) is 12.6 Å². The largest absolute Gasteiger partial charge is 0.508 e. The molecule has 216 valence electrons. The monoisotopic (exact) mass is 568 g/mol. The van der Waals surface area contributed by atoms with E-state index < -0.39 is 53.8 Å². The number of primary amides is 1. The normalized spacial score (nSPS) is 13.7. The molecule has 4 atom stereocenters. The third-order valence-electron chi connectivity index (χ3n) is 5.42. The first-order chi connectivity index (χ1) is 18.3. The number of carbonyl (C=O) groups excluding carboxylic acids is 4. The molecule has 39 heavy (non-hydrogen) atoms. The summed E-state index contributed by atoms with van der Waals surface area (Å²) in [6, 6.07) is 0.964. The van der Waals surface area contributed by atoms with Gasteiger partial charge in [0.15, 0.2) is 5.96 Å². The lowest BCUT2D eigenvalue weighted by Gasteiger charge is -2.24. The van der Waals surface area contributed by atoms with E-state index in [0.29, 0.717) is 5.56 Å². The first-order valence-electron chi connectivity index (χ1n) is 12.0. The molecule has 0 bridgehead atoms. The molecule has 0 spiro atoms. The van der Waals surface area contributed by atoms with Crippen molar-refractivity contribution in [2.75, 3.05) is 12.3 Å². The number of carboxylic acid groups (broad SMARTS) is 1. The SMILES string of the molecule is NC(=O)CCC(N)C(=O)NC(CS)C(=O)NC(Cc1ccc(O)cc1)C(=O)NC(CCCN=C(N)N)C(=O)O. The molecule has 0 radical (unpaired) electrons. The van der Waals surface area contributed by atoms with Gasteiger partial charge in [0.25, 0.3) is 0 Å². The summed E-state index contributed by atoms with van der Waals surface area (Å²) in [6.07, 6.45) is 0.0410. The third-order valence-corrected chi connectivity index (χ3v) is 5.79. The van der Waals surface area contributed by atoms with Crippen molar-refractivity contribution in [3.05, 3.63) is 29.8 Å². The average molecular weight is 569 g/mol. The summed E-state index contributed by atoms with van der Waals surface area (Å²) in [4.78, 5) is 64.9. The Morgan fingerprint density at radius 2 is 1.44 bits per heavy atom. The lowest BCUT2D eigenvalue weighted by molar-refractivity contribution is -0.142. The van der Waals surface area contributed by atoms with E-state index in [1.165, 1.54) is 24.3 Å². The van der Waals surface area contributed by atoms with Crippen LogP contribution in [0.3, 0.4) is 0 Å². The van der Waals surface area contributed by atoms with Gasteiger partial charge < -0.3 is 49.1 Å². The van der Waals surface area contributed by atoms with E-state index in [2.05, 4.69) is 33.6 Å². The number of phenolic OH excluding ortho intramolecular Hbond substituents is 1. The molecule has 16 heteroatoms. The maximum atomic E-state index is 13.1. The van der Waals surface area contributed by atoms with Crippen molar-refractivity contribution in [2.24, 2.45) is 27.9 Å². The van der Waals surface area contributed by atoms with E-state index >= 15 is 0 Å². The Morgan fingerprint density at radius 3 is 1.97 bits per heavy atom. The van der Waals surface area contributed by atoms with Crippen molar-refractivity contribution in [1.82, 2.24) is 16.0 Å². The summed E-state index contributed by atoms with van der Waals surface area (Å²) in [5, 5.41) is 26.4. The van der Waals surface area contributed by atoms with Gasteiger partial charge in [-0.1, -0.05) is 12.1 Å². The van der Waals surface area contributed by atoms with Crippen molar-refractivity contribution in [3.63, 3.8) is 0 Å². The van der Waals surface area contributed by atoms with Gasteiger partial charge in [-0.15, -0.1) is 0 Å². The number of carbonyl (C=O) groups is 5. The smallest absolute Gasteiger partial charge is 0.326 e. The lowest BCUT2D eigenvalue weighted by atomic mass is 10.0. The van der Waals surface area contributed by atoms with Crippen LogP contribution in [0.15, 0.2) is 29.3 Å². The van der Waals surface area contributed by atoms with Crippen LogP contribution in [-0.2, 0) is 30.4 Å². The minimum absolute atomic E-state index is 0.0102. The highest BCUT2D eigenvalue weighted by Gasteiger charge is 2.30. The number of aromatic hydroxyl groups is 1. The molecule has 0 aliphatic carbocycles. The summed E-state index contributed by atoms with van der Waals surface area (Å²) in [7, 11) is 0. The van der Waals surface area contributed by atoms with Crippen LogP contribution in [0, 0.1) is 0 Å². The van der Waals surface area contributed by atoms with Crippen molar-refractivity contribution in [1.29, 1.82) is 0 Å². The Labute approximate surface area is 230 Å². The third kappa shape index (κ3) is 12.8. The van der Waals surface area contributed by atoms with Gasteiger partial charge in [-0.05, 0) is 37.0 Å². The summed E-state index contributed by atoms with van der Waals surface area (Å²) in [6.45, 7) is 0.153. The molecular weight excluding hydrogens is 532 g/mol. The molecule has 13 N–H and O–H groups in total. The number of aliphatic imine (C=N–C) groups is 1. The van der Waals surface area contributed by atoms with Crippen LogP contribution >= 0.6 is 12.6 Å². The second-order valence-electron chi connectivity index (χ2n) is 8.64. The summed E-state index contributed by atoms with van der Waals surface area (Å²) >= 11 is 4.09. The molecule has 4 amide bonds. The topological polar surface area (TPSA) is 278 Å². The van der Waals surface area contributed by atoms with Crippen LogP contribution in [-0.4, -0.2) is 82.2 Å². The zero-order valence-corrected chi connectivity index (χ0v) is 22.1. The van der Waals surface area contributed by atoms with Gasteiger partial charge in [-0.25, -0.2) is 4.79 Å². The molecule has 0 fully saturated rings. The van der Waals surface area contributed by atoms with Gasteiger partial charge in [-0.3, -0.25) is 24.2 Å². The van der Waals surface area contributed by atoms with Crippen LogP contribution in [0.5, 0.6) is 5.75 Å². The number of phenols is 1. The van der Waals surface area contributed by atoms with Gasteiger partial charge in [0.1, 0.15) is 23.9 Å². The molecule has 15 nitrogen and oxygen atoms in total. The number of nitrogens with zero attached hydrogens (tertiary/aromatic N) is 1. The number of nitrogens with two attached hydrogens (primary N) is 4.